The highest BCUT2D eigenvalue weighted by Gasteiger charge is 2.42. The average Bonchev–Trinajstić information content (AvgIpc) is 3.01. The van der Waals surface area contributed by atoms with Gasteiger partial charge >= 0.3 is 5.97 Å². The monoisotopic (exact) mass is 464 g/mol. The SMILES string of the molecule is CCOC(=O)c1cccc(C2=CC[C@@H]3[C@@H](/C=C/C(O)COc4ccccc4)[C@H](O)C[C@@H]3OC2)c1. The maximum absolute atomic E-state index is 12.1. The summed E-state index contributed by atoms with van der Waals surface area (Å²) < 4.78 is 16.9. The van der Waals surface area contributed by atoms with Gasteiger partial charge < -0.3 is 24.4 Å². The molecule has 6 nitrogen and oxygen atoms in total. The molecule has 2 aliphatic rings. The van der Waals surface area contributed by atoms with Gasteiger partial charge in [0.15, 0.2) is 0 Å². The number of carbonyl (C=O) groups excluding carboxylic acids is 1. The minimum atomic E-state index is -0.769. The molecule has 6 heteroatoms. The molecule has 1 fully saturated rings. The Morgan fingerprint density at radius 1 is 1.21 bits per heavy atom. The largest absolute Gasteiger partial charge is 0.491 e. The molecule has 180 valence electrons. The maximum atomic E-state index is 12.1. The van der Waals surface area contributed by atoms with Gasteiger partial charge in [-0.1, -0.05) is 48.6 Å². The number of benzene rings is 2. The summed E-state index contributed by atoms with van der Waals surface area (Å²) in [4.78, 5) is 12.1. The summed E-state index contributed by atoms with van der Waals surface area (Å²) in [6.45, 7) is 2.69. The molecule has 0 aromatic heterocycles. The van der Waals surface area contributed by atoms with Crippen molar-refractivity contribution in [3.05, 3.63) is 84.0 Å². The van der Waals surface area contributed by atoms with Gasteiger partial charge in [-0.2, -0.15) is 0 Å². The molecule has 4 rings (SSSR count). The van der Waals surface area contributed by atoms with Gasteiger partial charge in [0.2, 0.25) is 0 Å². The van der Waals surface area contributed by atoms with Crippen LogP contribution in [0.25, 0.3) is 5.57 Å². The molecule has 0 saturated heterocycles. The topological polar surface area (TPSA) is 85.2 Å². The lowest BCUT2D eigenvalue weighted by Gasteiger charge is -2.20. The number of rotatable bonds is 8. The normalized spacial score (nSPS) is 25.3. The van der Waals surface area contributed by atoms with Crippen LogP contribution in [0.1, 0.15) is 35.7 Å². The number of esters is 1. The second kappa shape index (κ2) is 11.5. The second-order valence-electron chi connectivity index (χ2n) is 8.74. The van der Waals surface area contributed by atoms with E-state index in [1.165, 1.54) is 0 Å². The van der Waals surface area contributed by atoms with Crippen molar-refractivity contribution >= 4 is 11.5 Å². The second-order valence-corrected chi connectivity index (χ2v) is 8.74. The van der Waals surface area contributed by atoms with Crippen LogP contribution in [0.5, 0.6) is 5.75 Å². The van der Waals surface area contributed by atoms with Crippen LogP contribution in [-0.4, -0.2) is 54.3 Å². The Labute approximate surface area is 200 Å². The molecule has 2 aromatic carbocycles. The molecule has 0 radical (unpaired) electrons. The van der Waals surface area contributed by atoms with Crippen molar-refractivity contribution < 1.29 is 29.2 Å². The van der Waals surface area contributed by atoms with E-state index in [2.05, 4.69) is 6.08 Å². The van der Waals surface area contributed by atoms with Crippen molar-refractivity contribution in [2.24, 2.45) is 11.8 Å². The fraction of sp³-hybridized carbons (Fsp3) is 0.393. The van der Waals surface area contributed by atoms with Crippen LogP contribution in [0.4, 0.5) is 0 Å². The highest BCUT2D eigenvalue weighted by Crippen LogP contribution is 2.41. The molecule has 1 unspecified atom stereocenters. The Kier molecular flexibility index (Phi) is 8.16. The van der Waals surface area contributed by atoms with E-state index in [0.29, 0.717) is 30.9 Å². The average molecular weight is 465 g/mol. The first-order valence-corrected chi connectivity index (χ1v) is 11.9. The summed E-state index contributed by atoms with van der Waals surface area (Å²) in [5.41, 5.74) is 2.48. The third-order valence-electron chi connectivity index (χ3n) is 6.44. The van der Waals surface area contributed by atoms with Crippen molar-refractivity contribution in [3.8, 4) is 5.75 Å². The molecular weight excluding hydrogens is 432 g/mol. The van der Waals surface area contributed by atoms with Gasteiger partial charge in [0.1, 0.15) is 18.5 Å². The van der Waals surface area contributed by atoms with E-state index in [9.17, 15) is 15.0 Å². The summed E-state index contributed by atoms with van der Waals surface area (Å²) in [6, 6.07) is 16.8. The van der Waals surface area contributed by atoms with Crippen molar-refractivity contribution in [2.75, 3.05) is 19.8 Å². The van der Waals surface area contributed by atoms with Gasteiger partial charge in [0.05, 0.1) is 31.0 Å². The van der Waals surface area contributed by atoms with E-state index >= 15 is 0 Å². The van der Waals surface area contributed by atoms with Gasteiger partial charge in [-0.05, 0) is 54.7 Å². The molecule has 34 heavy (non-hydrogen) atoms. The van der Waals surface area contributed by atoms with E-state index in [0.717, 1.165) is 17.6 Å². The van der Waals surface area contributed by atoms with Crippen LogP contribution < -0.4 is 4.74 Å². The van der Waals surface area contributed by atoms with E-state index < -0.39 is 12.2 Å². The highest BCUT2D eigenvalue weighted by molar-refractivity contribution is 5.90. The van der Waals surface area contributed by atoms with Crippen LogP contribution in [0.3, 0.4) is 0 Å². The number of ether oxygens (including phenoxy) is 3. The number of allylic oxidation sites excluding steroid dienone is 1. The fourth-order valence-electron chi connectivity index (χ4n) is 4.68. The zero-order valence-electron chi connectivity index (χ0n) is 19.4. The first-order chi connectivity index (χ1) is 16.5. The third kappa shape index (κ3) is 5.95. The molecular formula is C28H32O6. The third-order valence-corrected chi connectivity index (χ3v) is 6.44. The zero-order valence-corrected chi connectivity index (χ0v) is 19.4. The Hall–Kier alpha value is -2.93. The lowest BCUT2D eigenvalue weighted by Crippen LogP contribution is -2.22. The molecule has 0 amide bonds. The maximum Gasteiger partial charge on any atom is 0.338 e. The minimum Gasteiger partial charge on any atom is -0.491 e. The van der Waals surface area contributed by atoms with Crippen LogP contribution >= 0.6 is 0 Å². The number of hydrogen-bond donors (Lipinski definition) is 2. The van der Waals surface area contributed by atoms with Gasteiger partial charge in [-0.15, -0.1) is 0 Å². The van der Waals surface area contributed by atoms with Crippen LogP contribution in [0, 0.1) is 11.8 Å². The molecule has 1 heterocycles. The predicted octanol–water partition coefficient (Wildman–Crippen LogP) is 4.03. The number of aliphatic hydroxyl groups is 2. The summed E-state index contributed by atoms with van der Waals surface area (Å²) >= 11 is 0. The highest BCUT2D eigenvalue weighted by atomic mass is 16.5. The van der Waals surface area contributed by atoms with E-state index in [4.69, 9.17) is 14.2 Å². The van der Waals surface area contributed by atoms with Gasteiger partial charge in [-0.25, -0.2) is 4.79 Å². The molecule has 1 saturated carbocycles. The van der Waals surface area contributed by atoms with E-state index in [1.54, 1.807) is 19.1 Å². The Morgan fingerprint density at radius 3 is 2.82 bits per heavy atom. The van der Waals surface area contributed by atoms with Crippen molar-refractivity contribution in [3.63, 3.8) is 0 Å². The van der Waals surface area contributed by atoms with E-state index in [-0.39, 0.29) is 30.5 Å². The molecule has 1 aliphatic carbocycles. The summed E-state index contributed by atoms with van der Waals surface area (Å²) in [6.07, 6.45) is 5.69. The van der Waals surface area contributed by atoms with Crippen molar-refractivity contribution in [1.29, 1.82) is 0 Å². The fourth-order valence-corrected chi connectivity index (χ4v) is 4.68. The molecule has 5 atom stereocenters. The Morgan fingerprint density at radius 2 is 2.03 bits per heavy atom. The minimum absolute atomic E-state index is 0.0654. The van der Waals surface area contributed by atoms with Gasteiger partial charge in [0.25, 0.3) is 0 Å². The summed E-state index contributed by atoms with van der Waals surface area (Å²) in [5, 5.41) is 21.0. The quantitative estimate of drug-likeness (QED) is 0.453. The zero-order chi connectivity index (χ0) is 23.9. The molecule has 2 N–H and O–H groups in total. The van der Waals surface area contributed by atoms with Crippen molar-refractivity contribution in [1.82, 2.24) is 0 Å². The Bertz CT molecular complexity index is 1010. The first-order valence-electron chi connectivity index (χ1n) is 11.9. The van der Waals surface area contributed by atoms with Crippen molar-refractivity contribution in [2.45, 2.75) is 38.1 Å². The molecule has 0 spiro atoms. The smallest absolute Gasteiger partial charge is 0.338 e. The lowest BCUT2D eigenvalue weighted by molar-refractivity contribution is 0.0469. The van der Waals surface area contributed by atoms with E-state index in [1.807, 2.05) is 54.6 Å². The lowest BCUT2D eigenvalue weighted by atomic mass is 9.89. The van der Waals surface area contributed by atoms with Crippen LogP contribution in [0.2, 0.25) is 0 Å². The molecule has 0 bridgehead atoms. The standard InChI is InChI=1S/C28H32O6/c1-2-32-28(31)20-8-6-7-19(15-20)21-11-13-25-24(26(30)16-27(25)34-17-21)14-12-22(29)18-33-23-9-4-3-5-10-23/h3-12,14-15,22,24-27,29-30H,2,13,16-18H2,1H3/b14-12+/t22?,24-,25-,26-,27+/m1/s1. The van der Waals surface area contributed by atoms with Gasteiger partial charge in [-0.3, -0.25) is 0 Å². The van der Waals surface area contributed by atoms with Crippen LogP contribution in [-0.2, 0) is 9.47 Å². The summed E-state index contributed by atoms with van der Waals surface area (Å²) in [5.74, 6) is 0.370. The number of fused-ring (bicyclic) bond motifs is 1. The molecule has 2 aromatic rings. The predicted molar refractivity (Wildman–Crippen MR) is 129 cm³/mol. The first kappa shape index (κ1) is 24.2. The van der Waals surface area contributed by atoms with Crippen LogP contribution in [0.15, 0.2) is 72.8 Å². The number of hydrogen-bond acceptors (Lipinski definition) is 6. The summed E-state index contributed by atoms with van der Waals surface area (Å²) in [7, 11) is 0. The number of para-hydroxylation sites is 1. The number of carbonyl (C=O) groups is 1. The number of aliphatic hydroxyl groups excluding tert-OH is 2. The Balaban J connectivity index is 1.40. The van der Waals surface area contributed by atoms with Gasteiger partial charge in [0, 0.05) is 12.3 Å². The molecule has 1 aliphatic heterocycles.